The summed E-state index contributed by atoms with van der Waals surface area (Å²) in [6.45, 7) is 0. The standard InChI is InChI=1S/C5H4ClNO2/c6-7-3-1-2-4(7)5(8)9/h1-3H,(H,8,9). The third-order valence-electron chi connectivity index (χ3n) is 0.920. The molecule has 1 N–H and O–H groups in total. The average molecular weight is 146 g/mol. The first-order valence-corrected chi connectivity index (χ1v) is 2.62. The second kappa shape index (κ2) is 2.11. The Morgan fingerprint density at radius 2 is 2.44 bits per heavy atom. The van der Waals surface area contributed by atoms with Gasteiger partial charge < -0.3 is 5.11 Å². The second-order valence-corrected chi connectivity index (χ2v) is 1.87. The van der Waals surface area contributed by atoms with Crippen molar-refractivity contribution in [1.82, 2.24) is 4.09 Å². The Labute approximate surface area is 56.6 Å². The highest BCUT2D eigenvalue weighted by molar-refractivity contribution is 6.17. The van der Waals surface area contributed by atoms with Crippen molar-refractivity contribution in [3.63, 3.8) is 0 Å². The first-order valence-electron chi connectivity index (χ1n) is 2.28. The third-order valence-corrected chi connectivity index (χ3v) is 1.22. The Morgan fingerprint density at radius 3 is 2.67 bits per heavy atom. The van der Waals surface area contributed by atoms with Gasteiger partial charge >= 0.3 is 5.97 Å². The fourth-order valence-corrected chi connectivity index (χ4v) is 0.718. The maximum atomic E-state index is 10.2. The molecule has 0 amide bonds. The molecule has 1 rings (SSSR count). The summed E-state index contributed by atoms with van der Waals surface area (Å²) >= 11 is 5.37. The zero-order valence-corrected chi connectivity index (χ0v) is 5.17. The van der Waals surface area contributed by atoms with Gasteiger partial charge in [0.15, 0.2) is 0 Å². The van der Waals surface area contributed by atoms with Crippen molar-refractivity contribution in [3.8, 4) is 0 Å². The summed E-state index contributed by atoms with van der Waals surface area (Å²) in [4.78, 5) is 10.2. The van der Waals surface area contributed by atoms with Crippen molar-refractivity contribution in [2.75, 3.05) is 0 Å². The van der Waals surface area contributed by atoms with Crippen molar-refractivity contribution in [1.29, 1.82) is 0 Å². The van der Waals surface area contributed by atoms with Crippen molar-refractivity contribution in [2.45, 2.75) is 0 Å². The summed E-state index contributed by atoms with van der Waals surface area (Å²) in [6.07, 6.45) is 1.46. The molecule has 0 spiro atoms. The molecule has 3 nitrogen and oxygen atoms in total. The lowest BCUT2D eigenvalue weighted by Crippen LogP contribution is -1.99. The molecule has 0 radical (unpaired) electrons. The van der Waals surface area contributed by atoms with E-state index >= 15 is 0 Å². The minimum Gasteiger partial charge on any atom is -0.477 e. The van der Waals surface area contributed by atoms with E-state index < -0.39 is 5.97 Å². The van der Waals surface area contributed by atoms with Crippen LogP contribution in [0.15, 0.2) is 18.3 Å². The number of aromatic nitrogens is 1. The van der Waals surface area contributed by atoms with E-state index in [1.807, 2.05) is 0 Å². The first kappa shape index (κ1) is 6.16. The quantitative estimate of drug-likeness (QED) is 0.645. The first-order chi connectivity index (χ1) is 4.22. The largest absolute Gasteiger partial charge is 0.477 e. The molecule has 0 aromatic carbocycles. The third kappa shape index (κ3) is 1.05. The molecule has 1 aromatic rings. The Kier molecular flexibility index (Phi) is 1.44. The van der Waals surface area contributed by atoms with Crippen LogP contribution in [0.5, 0.6) is 0 Å². The molecule has 1 aromatic heterocycles. The number of carbonyl (C=O) groups is 1. The van der Waals surface area contributed by atoms with E-state index in [0.717, 1.165) is 4.09 Å². The van der Waals surface area contributed by atoms with E-state index in [-0.39, 0.29) is 5.69 Å². The van der Waals surface area contributed by atoms with Gasteiger partial charge in [-0.25, -0.2) is 4.79 Å². The van der Waals surface area contributed by atoms with Gasteiger partial charge in [0, 0.05) is 18.0 Å². The van der Waals surface area contributed by atoms with Gasteiger partial charge in [0.25, 0.3) is 0 Å². The Balaban J connectivity index is 3.08. The molecule has 0 aliphatic heterocycles. The maximum Gasteiger partial charge on any atom is 0.353 e. The summed E-state index contributed by atoms with van der Waals surface area (Å²) < 4.78 is 1.03. The fourth-order valence-electron chi connectivity index (χ4n) is 0.524. The smallest absolute Gasteiger partial charge is 0.353 e. The maximum absolute atomic E-state index is 10.2. The number of aromatic carboxylic acids is 1. The number of nitrogens with zero attached hydrogens (tertiary/aromatic N) is 1. The molecule has 4 heteroatoms. The van der Waals surface area contributed by atoms with Crippen LogP contribution in [0.4, 0.5) is 0 Å². The Bertz CT molecular complexity index is 231. The van der Waals surface area contributed by atoms with E-state index in [4.69, 9.17) is 16.9 Å². The van der Waals surface area contributed by atoms with Crippen molar-refractivity contribution in [2.24, 2.45) is 0 Å². The van der Waals surface area contributed by atoms with Gasteiger partial charge in [-0.3, -0.25) is 4.09 Å². The van der Waals surface area contributed by atoms with Crippen LogP contribution in [0.2, 0.25) is 0 Å². The van der Waals surface area contributed by atoms with Crippen molar-refractivity contribution < 1.29 is 9.90 Å². The molecule has 0 unspecified atom stereocenters. The summed E-state index contributed by atoms with van der Waals surface area (Å²) in [5, 5.41) is 8.35. The molecule has 0 saturated heterocycles. The van der Waals surface area contributed by atoms with Gasteiger partial charge in [-0.1, -0.05) is 0 Å². The Hall–Kier alpha value is -0.960. The minimum absolute atomic E-state index is 0.0802. The summed E-state index contributed by atoms with van der Waals surface area (Å²) in [7, 11) is 0. The molecule has 48 valence electrons. The molecule has 1 heterocycles. The van der Waals surface area contributed by atoms with Gasteiger partial charge in [-0.05, 0) is 12.1 Å². The average Bonchev–Trinajstić information content (AvgIpc) is 2.13. The van der Waals surface area contributed by atoms with Crippen LogP contribution in [0.3, 0.4) is 0 Å². The molecular formula is C5H4ClNO2. The second-order valence-electron chi connectivity index (χ2n) is 1.51. The Morgan fingerprint density at radius 1 is 1.78 bits per heavy atom. The molecule has 0 fully saturated rings. The van der Waals surface area contributed by atoms with Crippen LogP contribution < -0.4 is 0 Å². The van der Waals surface area contributed by atoms with Gasteiger partial charge in [-0.15, -0.1) is 0 Å². The predicted molar refractivity (Wildman–Crippen MR) is 32.6 cm³/mol. The highest BCUT2D eigenvalue weighted by atomic mass is 35.5. The van der Waals surface area contributed by atoms with Crippen molar-refractivity contribution >= 4 is 17.7 Å². The van der Waals surface area contributed by atoms with E-state index in [2.05, 4.69) is 0 Å². The number of rotatable bonds is 1. The van der Waals surface area contributed by atoms with Crippen molar-refractivity contribution in [3.05, 3.63) is 24.0 Å². The molecule has 0 aliphatic rings. The summed E-state index contributed by atoms with van der Waals surface area (Å²) in [5.41, 5.74) is 0.0802. The number of carboxylic acids is 1. The van der Waals surface area contributed by atoms with E-state index in [1.165, 1.54) is 12.3 Å². The summed E-state index contributed by atoms with van der Waals surface area (Å²) in [5.74, 6) is -1.02. The molecule has 0 bridgehead atoms. The lowest BCUT2D eigenvalue weighted by Gasteiger charge is -1.89. The van der Waals surface area contributed by atoms with E-state index in [1.54, 1.807) is 6.07 Å². The minimum atomic E-state index is -1.02. The summed E-state index contributed by atoms with van der Waals surface area (Å²) in [6, 6.07) is 2.99. The predicted octanol–water partition coefficient (Wildman–Crippen LogP) is 1.19. The topological polar surface area (TPSA) is 42.2 Å². The highest BCUT2D eigenvalue weighted by Crippen LogP contribution is 2.02. The van der Waals surface area contributed by atoms with Gasteiger partial charge in [0.1, 0.15) is 5.69 Å². The van der Waals surface area contributed by atoms with Gasteiger partial charge in [0.2, 0.25) is 0 Å². The SMILES string of the molecule is O=C(O)c1cccn1Cl. The zero-order valence-electron chi connectivity index (χ0n) is 4.41. The molecule has 0 atom stereocenters. The number of halogens is 1. The van der Waals surface area contributed by atoms with Crippen LogP contribution in [0, 0.1) is 0 Å². The molecule has 9 heavy (non-hydrogen) atoms. The van der Waals surface area contributed by atoms with E-state index in [0.29, 0.717) is 0 Å². The lowest BCUT2D eigenvalue weighted by molar-refractivity contribution is 0.0689. The van der Waals surface area contributed by atoms with Gasteiger partial charge in [0.05, 0.1) is 0 Å². The lowest BCUT2D eigenvalue weighted by atomic mass is 10.4. The fraction of sp³-hybridized carbons (Fsp3) is 0. The number of carboxylic acid groups (broad SMARTS) is 1. The van der Waals surface area contributed by atoms with Crippen LogP contribution >= 0.6 is 11.8 Å². The molecule has 0 saturated carbocycles. The molecular weight excluding hydrogens is 142 g/mol. The monoisotopic (exact) mass is 145 g/mol. The molecule has 0 aliphatic carbocycles. The number of hydrogen-bond acceptors (Lipinski definition) is 1. The van der Waals surface area contributed by atoms with Gasteiger partial charge in [-0.2, -0.15) is 0 Å². The van der Waals surface area contributed by atoms with Crippen LogP contribution in [0.1, 0.15) is 10.5 Å². The van der Waals surface area contributed by atoms with Crippen LogP contribution in [-0.4, -0.2) is 15.2 Å². The number of hydrogen-bond donors (Lipinski definition) is 1. The normalized spacial score (nSPS) is 9.44. The zero-order chi connectivity index (χ0) is 6.85. The highest BCUT2D eigenvalue weighted by Gasteiger charge is 2.04. The van der Waals surface area contributed by atoms with Crippen LogP contribution in [-0.2, 0) is 0 Å². The van der Waals surface area contributed by atoms with E-state index in [9.17, 15) is 4.79 Å². The van der Waals surface area contributed by atoms with Crippen LogP contribution in [0.25, 0.3) is 0 Å².